The first-order valence-electron chi connectivity index (χ1n) is 8.23. The number of likely N-dealkylation sites (N-methyl/N-ethyl adjacent to an activating group) is 1. The maximum absolute atomic E-state index is 5.87. The van der Waals surface area contributed by atoms with Crippen LogP contribution in [-0.2, 0) is 6.54 Å². The lowest BCUT2D eigenvalue weighted by atomic mass is 10.1. The zero-order valence-corrected chi connectivity index (χ0v) is 13.9. The van der Waals surface area contributed by atoms with Gasteiger partial charge in [-0.15, -0.1) is 0 Å². The quantitative estimate of drug-likeness (QED) is 0.829. The molecule has 0 aromatic carbocycles. The van der Waals surface area contributed by atoms with Crippen molar-refractivity contribution in [2.45, 2.75) is 45.3 Å². The second-order valence-corrected chi connectivity index (χ2v) is 6.97. The minimum absolute atomic E-state index is 0.734. The number of hydrogen-bond acceptors (Lipinski definition) is 4. The van der Waals surface area contributed by atoms with Gasteiger partial charge in [-0.05, 0) is 52.4 Å². The van der Waals surface area contributed by atoms with Gasteiger partial charge in [0.25, 0.3) is 0 Å². The van der Waals surface area contributed by atoms with Crippen LogP contribution < -0.4 is 0 Å². The van der Waals surface area contributed by atoms with Crippen molar-refractivity contribution in [2.24, 2.45) is 0 Å². The summed E-state index contributed by atoms with van der Waals surface area (Å²) in [5.74, 6) is 2.21. The molecular formula is C17H29N3O. The Morgan fingerprint density at radius 3 is 2.43 bits per heavy atom. The van der Waals surface area contributed by atoms with E-state index in [0.29, 0.717) is 0 Å². The molecule has 2 atom stereocenters. The average Bonchev–Trinajstić information content (AvgIpc) is 3.06. The smallest absolute Gasteiger partial charge is 0.118 e. The molecule has 4 heteroatoms. The van der Waals surface area contributed by atoms with E-state index in [9.17, 15) is 0 Å². The first-order valence-corrected chi connectivity index (χ1v) is 8.23. The third-order valence-corrected chi connectivity index (χ3v) is 5.22. The number of fused-ring (bicyclic) bond motifs is 1. The Kier molecular flexibility index (Phi) is 4.38. The maximum Gasteiger partial charge on any atom is 0.118 e. The highest BCUT2D eigenvalue weighted by atomic mass is 16.3. The van der Waals surface area contributed by atoms with Crippen molar-refractivity contribution in [3.05, 3.63) is 23.2 Å². The number of likely N-dealkylation sites (tertiary alicyclic amines) is 2. The molecule has 2 saturated heterocycles. The van der Waals surface area contributed by atoms with E-state index >= 15 is 0 Å². The summed E-state index contributed by atoms with van der Waals surface area (Å²) < 4.78 is 5.87. The number of aryl methyl sites for hydroxylation is 2. The minimum Gasteiger partial charge on any atom is -0.465 e. The van der Waals surface area contributed by atoms with Gasteiger partial charge >= 0.3 is 0 Å². The minimum atomic E-state index is 0.734. The SMILES string of the molecule is Cc1cc(CN2CC[C@H]3[C@@H]2CCN3CCN(C)C)oc1C. The third kappa shape index (κ3) is 3.17. The fraction of sp³-hybridized carbons (Fsp3) is 0.765. The van der Waals surface area contributed by atoms with Crippen molar-refractivity contribution >= 4 is 0 Å². The third-order valence-electron chi connectivity index (χ3n) is 5.22. The topological polar surface area (TPSA) is 22.9 Å². The van der Waals surface area contributed by atoms with E-state index in [-0.39, 0.29) is 0 Å². The summed E-state index contributed by atoms with van der Waals surface area (Å²) in [6.45, 7) is 10.0. The Labute approximate surface area is 128 Å². The molecule has 2 aliphatic rings. The van der Waals surface area contributed by atoms with Crippen LogP contribution in [0.2, 0.25) is 0 Å². The van der Waals surface area contributed by atoms with Crippen LogP contribution in [0.25, 0.3) is 0 Å². The predicted molar refractivity (Wildman–Crippen MR) is 85.5 cm³/mol. The van der Waals surface area contributed by atoms with Crippen molar-refractivity contribution in [3.63, 3.8) is 0 Å². The lowest BCUT2D eigenvalue weighted by Crippen LogP contribution is -2.39. The molecule has 1 aromatic heterocycles. The number of furan rings is 1. The molecule has 0 N–H and O–H groups in total. The predicted octanol–water partition coefficient (Wildman–Crippen LogP) is 2.11. The number of rotatable bonds is 5. The van der Waals surface area contributed by atoms with Crippen molar-refractivity contribution in [1.29, 1.82) is 0 Å². The van der Waals surface area contributed by atoms with Crippen LogP contribution in [0.3, 0.4) is 0 Å². The molecule has 0 bridgehead atoms. The van der Waals surface area contributed by atoms with Gasteiger partial charge in [-0.1, -0.05) is 0 Å². The summed E-state index contributed by atoms with van der Waals surface area (Å²) in [6, 6.07) is 3.71. The molecule has 4 nitrogen and oxygen atoms in total. The van der Waals surface area contributed by atoms with Gasteiger partial charge in [0.05, 0.1) is 6.54 Å². The highest BCUT2D eigenvalue weighted by Gasteiger charge is 2.42. The van der Waals surface area contributed by atoms with Gasteiger partial charge < -0.3 is 9.32 Å². The molecule has 0 aliphatic carbocycles. The summed E-state index contributed by atoms with van der Waals surface area (Å²) in [5, 5.41) is 0. The molecule has 1 aromatic rings. The van der Waals surface area contributed by atoms with Gasteiger partial charge in [0, 0.05) is 38.3 Å². The van der Waals surface area contributed by atoms with Crippen molar-refractivity contribution in [3.8, 4) is 0 Å². The fourth-order valence-corrected chi connectivity index (χ4v) is 3.89. The zero-order chi connectivity index (χ0) is 15.0. The zero-order valence-electron chi connectivity index (χ0n) is 13.9. The molecule has 2 fully saturated rings. The van der Waals surface area contributed by atoms with Crippen LogP contribution in [0.1, 0.15) is 29.9 Å². The Bertz CT molecular complexity index is 463. The normalized spacial score (nSPS) is 26.9. The first kappa shape index (κ1) is 15.1. The fourth-order valence-electron chi connectivity index (χ4n) is 3.89. The van der Waals surface area contributed by atoms with Gasteiger partial charge in [-0.25, -0.2) is 0 Å². The van der Waals surface area contributed by atoms with E-state index in [1.165, 1.54) is 44.6 Å². The molecular weight excluding hydrogens is 262 g/mol. The lowest BCUT2D eigenvalue weighted by molar-refractivity contribution is 0.197. The molecule has 3 heterocycles. The molecule has 0 spiro atoms. The van der Waals surface area contributed by atoms with E-state index in [0.717, 1.165) is 30.1 Å². The molecule has 0 saturated carbocycles. The van der Waals surface area contributed by atoms with Crippen molar-refractivity contribution in [1.82, 2.24) is 14.7 Å². The van der Waals surface area contributed by atoms with E-state index < -0.39 is 0 Å². The van der Waals surface area contributed by atoms with Gasteiger partial charge in [0.15, 0.2) is 0 Å². The monoisotopic (exact) mass is 291 g/mol. The lowest BCUT2D eigenvalue weighted by Gasteiger charge is -2.26. The standard InChI is InChI=1S/C17H29N3O/c1-13-11-15(21-14(13)2)12-20-8-6-16-17(20)5-7-19(16)10-9-18(3)4/h11,16-17H,5-10,12H2,1-4H3/t16-,17-/m0/s1. The van der Waals surface area contributed by atoms with E-state index in [1.807, 2.05) is 0 Å². The van der Waals surface area contributed by atoms with E-state index in [1.54, 1.807) is 0 Å². The van der Waals surface area contributed by atoms with Crippen LogP contribution in [-0.4, -0.2) is 67.1 Å². The molecule has 0 unspecified atom stereocenters. The van der Waals surface area contributed by atoms with Crippen molar-refractivity contribution in [2.75, 3.05) is 40.3 Å². The van der Waals surface area contributed by atoms with Gasteiger partial charge in [0.1, 0.15) is 11.5 Å². The van der Waals surface area contributed by atoms with Crippen molar-refractivity contribution < 1.29 is 4.42 Å². The van der Waals surface area contributed by atoms with Crippen LogP contribution >= 0.6 is 0 Å². The van der Waals surface area contributed by atoms with Gasteiger partial charge in [0.2, 0.25) is 0 Å². The molecule has 2 aliphatic heterocycles. The van der Waals surface area contributed by atoms with E-state index in [4.69, 9.17) is 4.42 Å². The largest absolute Gasteiger partial charge is 0.465 e. The second-order valence-electron chi connectivity index (χ2n) is 6.97. The summed E-state index contributed by atoms with van der Waals surface area (Å²) in [6.07, 6.45) is 2.63. The first-order chi connectivity index (χ1) is 10.0. The Balaban J connectivity index is 1.58. The molecule has 0 amide bonds. The Morgan fingerprint density at radius 1 is 1.14 bits per heavy atom. The molecule has 0 radical (unpaired) electrons. The highest BCUT2D eigenvalue weighted by molar-refractivity contribution is 5.19. The summed E-state index contributed by atoms with van der Waals surface area (Å²) in [7, 11) is 4.33. The number of nitrogens with zero attached hydrogens (tertiary/aromatic N) is 3. The van der Waals surface area contributed by atoms with Crippen LogP contribution in [0.15, 0.2) is 10.5 Å². The van der Waals surface area contributed by atoms with Crippen LogP contribution in [0.4, 0.5) is 0 Å². The molecule has 3 rings (SSSR count). The number of hydrogen-bond donors (Lipinski definition) is 0. The van der Waals surface area contributed by atoms with Gasteiger partial charge in [-0.2, -0.15) is 0 Å². The average molecular weight is 291 g/mol. The summed E-state index contributed by atoms with van der Waals surface area (Å²) in [4.78, 5) is 7.62. The summed E-state index contributed by atoms with van der Waals surface area (Å²) in [5.41, 5.74) is 1.28. The van der Waals surface area contributed by atoms with Gasteiger partial charge in [-0.3, -0.25) is 9.80 Å². The van der Waals surface area contributed by atoms with E-state index in [2.05, 4.69) is 48.7 Å². The Hall–Kier alpha value is -0.840. The van der Waals surface area contributed by atoms with Crippen LogP contribution in [0, 0.1) is 13.8 Å². The summed E-state index contributed by atoms with van der Waals surface area (Å²) >= 11 is 0. The Morgan fingerprint density at radius 2 is 1.81 bits per heavy atom. The second kappa shape index (κ2) is 6.11. The molecule has 21 heavy (non-hydrogen) atoms. The highest BCUT2D eigenvalue weighted by Crippen LogP contribution is 2.32. The van der Waals surface area contributed by atoms with Crippen LogP contribution in [0.5, 0.6) is 0 Å². The molecule has 118 valence electrons. The maximum atomic E-state index is 5.87.